The molecule has 1 spiro atoms. The van der Waals surface area contributed by atoms with Crippen LogP contribution in [0.25, 0.3) is 0 Å². The molecule has 0 radical (unpaired) electrons. The second kappa shape index (κ2) is 7.23. The average Bonchev–Trinajstić information content (AvgIpc) is 3.31. The predicted molar refractivity (Wildman–Crippen MR) is 111 cm³/mol. The molecule has 4 amide bonds. The van der Waals surface area contributed by atoms with E-state index in [2.05, 4.69) is 5.32 Å². The van der Waals surface area contributed by atoms with Crippen molar-refractivity contribution in [2.75, 3.05) is 24.6 Å². The van der Waals surface area contributed by atoms with Gasteiger partial charge in [-0.25, -0.2) is 4.79 Å². The molecule has 8 heteroatoms. The summed E-state index contributed by atoms with van der Waals surface area (Å²) in [5, 5.41) is 2.80. The van der Waals surface area contributed by atoms with E-state index in [-0.39, 0.29) is 24.8 Å². The number of urea groups is 1. The van der Waals surface area contributed by atoms with Gasteiger partial charge in [0.2, 0.25) is 5.91 Å². The van der Waals surface area contributed by atoms with Gasteiger partial charge in [0.05, 0.1) is 13.2 Å². The van der Waals surface area contributed by atoms with Crippen molar-refractivity contribution in [3.05, 3.63) is 59.7 Å². The fourth-order valence-electron chi connectivity index (χ4n) is 4.52. The van der Waals surface area contributed by atoms with Crippen LogP contribution in [0.1, 0.15) is 35.2 Å². The molecule has 3 heterocycles. The first-order chi connectivity index (χ1) is 15.0. The smallest absolute Gasteiger partial charge is 0.325 e. The van der Waals surface area contributed by atoms with Crippen LogP contribution < -0.4 is 15.0 Å². The van der Waals surface area contributed by atoms with E-state index in [4.69, 9.17) is 4.74 Å². The Kier molecular flexibility index (Phi) is 4.50. The summed E-state index contributed by atoms with van der Waals surface area (Å²) in [7, 11) is 0. The van der Waals surface area contributed by atoms with Crippen molar-refractivity contribution in [1.29, 1.82) is 0 Å². The topological polar surface area (TPSA) is 96.0 Å². The van der Waals surface area contributed by atoms with Gasteiger partial charge in [-0.2, -0.15) is 0 Å². The predicted octanol–water partition coefficient (Wildman–Crippen LogP) is 2.23. The van der Waals surface area contributed by atoms with Crippen molar-refractivity contribution in [1.82, 2.24) is 10.2 Å². The number of nitrogens with zero attached hydrogens (tertiary/aromatic N) is 2. The Morgan fingerprint density at radius 2 is 1.94 bits per heavy atom. The van der Waals surface area contributed by atoms with E-state index in [1.54, 1.807) is 53.4 Å². The zero-order valence-corrected chi connectivity index (χ0v) is 16.8. The number of nitrogens with one attached hydrogen (secondary N) is 1. The summed E-state index contributed by atoms with van der Waals surface area (Å²) in [6.07, 6.45) is 1.58. The number of amides is 4. The number of Topliss-reactive ketones (excluding diaryl/α,β-unsaturated/α-hetero) is 1. The molecular weight excluding hydrogens is 398 g/mol. The number of carbonyl (C=O) groups is 4. The van der Waals surface area contributed by atoms with Crippen LogP contribution in [0, 0.1) is 0 Å². The van der Waals surface area contributed by atoms with Gasteiger partial charge in [-0.05, 0) is 24.6 Å². The van der Waals surface area contributed by atoms with Gasteiger partial charge in [-0.1, -0.05) is 30.3 Å². The minimum Gasteiger partial charge on any atom is -0.493 e. The molecule has 1 unspecified atom stereocenters. The number of fused-ring (bicyclic) bond motifs is 2. The first kappa shape index (κ1) is 19.3. The molecular formula is C23H21N3O5. The molecule has 0 aromatic heterocycles. The lowest BCUT2D eigenvalue weighted by molar-refractivity contribution is -0.132. The van der Waals surface area contributed by atoms with Gasteiger partial charge in [0.25, 0.3) is 5.91 Å². The maximum atomic E-state index is 13.3. The Morgan fingerprint density at radius 1 is 1.10 bits per heavy atom. The van der Waals surface area contributed by atoms with Crippen LogP contribution in [0.4, 0.5) is 10.5 Å². The minimum atomic E-state index is -1.21. The van der Waals surface area contributed by atoms with Crippen LogP contribution in [0.5, 0.6) is 5.75 Å². The summed E-state index contributed by atoms with van der Waals surface area (Å²) >= 11 is 0. The first-order valence-corrected chi connectivity index (χ1v) is 10.3. The van der Waals surface area contributed by atoms with Gasteiger partial charge in [-0.15, -0.1) is 0 Å². The van der Waals surface area contributed by atoms with Crippen molar-refractivity contribution in [2.24, 2.45) is 0 Å². The number of ether oxygens (including phenoxy) is 1. The van der Waals surface area contributed by atoms with Gasteiger partial charge in [0.1, 0.15) is 5.75 Å². The molecule has 2 aromatic rings. The molecule has 0 saturated carbocycles. The molecule has 2 aromatic carbocycles. The number of benzene rings is 2. The summed E-state index contributed by atoms with van der Waals surface area (Å²) in [5.41, 5.74) is 0.395. The average molecular weight is 419 g/mol. The van der Waals surface area contributed by atoms with E-state index in [0.29, 0.717) is 42.0 Å². The Balaban J connectivity index is 1.39. The zero-order valence-electron chi connectivity index (χ0n) is 16.8. The Bertz CT molecular complexity index is 1110. The molecule has 1 N–H and O–H groups in total. The minimum absolute atomic E-state index is 0.0267. The Morgan fingerprint density at radius 3 is 2.74 bits per heavy atom. The second-order valence-electron chi connectivity index (χ2n) is 7.94. The van der Waals surface area contributed by atoms with Crippen LogP contribution in [0.15, 0.2) is 48.5 Å². The van der Waals surface area contributed by atoms with Crippen molar-refractivity contribution < 1.29 is 23.9 Å². The number of para-hydroxylation sites is 1. The fourth-order valence-corrected chi connectivity index (χ4v) is 4.52. The number of ketones is 1. The third kappa shape index (κ3) is 3.06. The van der Waals surface area contributed by atoms with Crippen molar-refractivity contribution in [2.45, 2.75) is 24.8 Å². The third-order valence-corrected chi connectivity index (χ3v) is 6.11. The standard InChI is InChI=1S/C23H21N3O5/c27-18(15-5-3-6-16(13-15)25-11-4-9-20(25)28)14-26-21(29)23(24-22(26)30)10-12-31-19-8-2-1-7-17(19)23/h1-3,5-8,13H,4,9-12,14H2,(H,24,30). The number of anilines is 1. The summed E-state index contributed by atoms with van der Waals surface area (Å²) in [6, 6.07) is 13.3. The summed E-state index contributed by atoms with van der Waals surface area (Å²) in [6.45, 7) is 0.539. The molecule has 8 nitrogen and oxygen atoms in total. The van der Waals surface area contributed by atoms with E-state index < -0.39 is 17.5 Å². The number of hydrogen-bond acceptors (Lipinski definition) is 5. The quantitative estimate of drug-likeness (QED) is 0.606. The number of hydrogen-bond donors (Lipinski definition) is 1. The van der Waals surface area contributed by atoms with Crippen LogP contribution in [0.2, 0.25) is 0 Å². The Hall–Kier alpha value is -3.68. The van der Waals surface area contributed by atoms with Crippen LogP contribution in [0.3, 0.4) is 0 Å². The van der Waals surface area contributed by atoms with Crippen LogP contribution >= 0.6 is 0 Å². The number of carbonyl (C=O) groups excluding carboxylic acids is 4. The normalized spacial score (nSPS) is 22.5. The van der Waals surface area contributed by atoms with E-state index in [1.807, 2.05) is 0 Å². The highest BCUT2D eigenvalue weighted by Crippen LogP contribution is 2.41. The number of rotatable bonds is 4. The lowest BCUT2D eigenvalue weighted by Crippen LogP contribution is -2.47. The van der Waals surface area contributed by atoms with Crippen molar-refractivity contribution in [3.8, 4) is 5.75 Å². The van der Waals surface area contributed by atoms with E-state index in [9.17, 15) is 19.2 Å². The van der Waals surface area contributed by atoms with Gasteiger partial charge in [0.15, 0.2) is 11.3 Å². The third-order valence-electron chi connectivity index (χ3n) is 6.11. The molecule has 0 bridgehead atoms. The maximum absolute atomic E-state index is 13.3. The monoisotopic (exact) mass is 419 g/mol. The lowest BCUT2D eigenvalue weighted by Gasteiger charge is -2.33. The number of imide groups is 1. The molecule has 0 aliphatic carbocycles. The molecule has 2 saturated heterocycles. The molecule has 5 rings (SSSR count). The largest absolute Gasteiger partial charge is 0.493 e. The summed E-state index contributed by atoms with van der Waals surface area (Å²) in [4.78, 5) is 53.6. The molecule has 3 aliphatic rings. The van der Waals surface area contributed by atoms with Crippen LogP contribution in [-0.4, -0.2) is 48.2 Å². The zero-order chi connectivity index (χ0) is 21.6. The summed E-state index contributed by atoms with van der Waals surface area (Å²) < 4.78 is 5.63. The van der Waals surface area contributed by atoms with Crippen molar-refractivity contribution in [3.63, 3.8) is 0 Å². The molecule has 31 heavy (non-hydrogen) atoms. The van der Waals surface area contributed by atoms with Gasteiger partial charge >= 0.3 is 6.03 Å². The first-order valence-electron chi connectivity index (χ1n) is 10.3. The van der Waals surface area contributed by atoms with Gasteiger partial charge in [0, 0.05) is 36.2 Å². The highest BCUT2D eigenvalue weighted by atomic mass is 16.5. The highest BCUT2D eigenvalue weighted by Gasteiger charge is 2.55. The second-order valence-corrected chi connectivity index (χ2v) is 7.94. The van der Waals surface area contributed by atoms with Gasteiger partial charge in [-0.3, -0.25) is 19.3 Å². The van der Waals surface area contributed by atoms with E-state index in [1.165, 1.54) is 0 Å². The SMILES string of the molecule is O=C(CN1C(=O)NC2(CCOc3ccccc32)C1=O)c1cccc(N2CCCC2=O)c1. The van der Waals surface area contributed by atoms with E-state index in [0.717, 1.165) is 11.3 Å². The Labute approximate surface area is 178 Å². The van der Waals surface area contributed by atoms with Crippen molar-refractivity contribution >= 4 is 29.3 Å². The molecule has 3 aliphatic heterocycles. The molecule has 1 atom stereocenters. The van der Waals surface area contributed by atoms with Crippen LogP contribution in [-0.2, 0) is 15.1 Å². The van der Waals surface area contributed by atoms with Gasteiger partial charge < -0.3 is 15.0 Å². The molecule has 158 valence electrons. The molecule has 2 fully saturated rings. The fraction of sp³-hybridized carbons (Fsp3) is 0.304. The van der Waals surface area contributed by atoms with E-state index >= 15 is 0 Å². The lowest BCUT2D eigenvalue weighted by atomic mass is 9.84. The summed E-state index contributed by atoms with van der Waals surface area (Å²) in [5.74, 6) is -0.237. The maximum Gasteiger partial charge on any atom is 0.325 e. The highest BCUT2D eigenvalue weighted by molar-refractivity contribution is 6.12.